The SMILES string of the molecule is NCc1cccc(C2CCN(C(=O)CCSc3ccc4ccccc4c3)CC2)c1. The lowest BCUT2D eigenvalue weighted by atomic mass is 9.88. The van der Waals surface area contributed by atoms with Crippen LogP contribution in [-0.4, -0.2) is 29.6 Å². The molecule has 0 bridgehead atoms. The molecule has 4 rings (SSSR count). The molecule has 0 saturated carbocycles. The highest BCUT2D eigenvalue weighted by atomic mass is 32.2. The molecule has 1 fully saturated rings. The highest BCUT2D eigenvalue weighted by Crippen LogP contribution is 2.29. The molecule has 3 nitrogen and oxygen atoms in total. The largest absolute Gasteiger partial charge is 0.343 e. The van der Waals surface area contributed by atoms with Crippen molar-refractivity contribution >= 4 is 28.4 Å². The van der Waals surface area contributed by atoms with E-state index in [1.807, 2.05) is 4.90 Å². The Bertz CT molecular complexity index is 979. The van der Waals surface area contributed by atoms with Gasteiger partial charge in [-0.05, 0) is 52.8 Å². The highest BCUT2D eigenvalue weighted by molar-refractivity contribution is 7.99. The number of fused-ring (bicyclic) bond motifs is 1. The van der Waals surface area contributed by atoms with Gasteiger partial charge in [0.1, 0.15) is 0 Å². The van der Waals surface area contributed by atoms with Crippen LogP contribution in [0, 0.1) is 0 Å². The molecule has 1 amide bonds. The molecule has 150 valence electrons. The molecule has 3 aromatic carbocycles. The lowest BCUT2D eigenvalue weighted by Crippen LogP contribution is -2.38. The van der Waals surface area contributed by atoms with Crippen LogP contribution in [0.1, 0.15) is 36.3 Å². The van der Waals surface area contributed by atoms with Crippen molar-refractivity contribution < 1.29 is 4.79 Å². The Hall–Kier alpha value is -2.30. The number of benzene rings is 3. The van der Waals surface area contributed by atoms with Crippen molar-refractivity contribution in [2.75, 3.05) is 18.8 Å². The van der Waals surface area contributed by atoms with Crippen LogP contribution in [0.15, 0.2) is 71.6 Å². The standard InChI is InChI=1S/C25H28N2OS/c26-18-19-4-3-7-22(16-19)21-10-13-27(14-11-21)25(28)12-15-29-24-9-8-20-5-1-2-6-23(20)17-24/h1-9,16-17,21H,10-15,18,26H2. The van der Waals surface area contributed by atoms with E-state index >= 15 is 0 Å². The molecule has 0 aromatic heterocycles. The molecule has 0 radical (unpaired) electrons. The minimum absolute atomic E-state index is 0.285. The monoisotopic (exact) mass is 404 g/mol. The summed E-state index contributed by atoms with van der Waals surface area (Å²) in [6.45, 7) is 2.30. The number of hydrogen-bond donors (Lipinski definition) is 1. The number of rotatable bonds is 6. The van der Waals surface area contributed by atoms with Crippen molar-refractivity contribution in [3.63, 3.8) is 0 Å². The molecule has 0 aliphatic carbocycles. The van der Waals surface area contributed by atoms with Crippen molar-refractivity contribution in [3.8, 4) is 0 Å². The lowest BCUT2D eigenvalue weighted by molar-refractivity contribution is -0.131. The molecular formula is C25H28N2OS. The Morgan fingerprint density at radius 2 is 1.76 bits per heavy atom. The van der Waals surface area contributed by atoms with E-state index in [4.69, 9.17) is 5.73 Å². The van der Waals surface area contributed by atoms with Gasteiger partial charge >= 0.3 is 0 Å². The number of nitrogens with zero attached hydrogens (tertiary/aromatic N) is 1. The van der Waals surface area contributed by atoms with E-state index in [1.54, 1.807) is 11.8 Å². The first kappa shape index (κ1) is 20.0. The Morgan fingerprint density at radius 1 is 0.966 bits per heavy atom. The van der Waals surface area contributed by atoms with Gasteiger partial charge in [0, 0.05) is 36.7 Å². The Kier molecular flexibility index (Phi) is 6.53. The Morgan fingerprint density at radius 3 is 2.55 bits per heavy atom. The summed E-state index contributed by atoms with van der Waals surface area (Å²) >= 11 is 1.77. The summed E-state index contributed by atoms with van der Waals surface area (Å²) in [5, 5.41) is 2.51. The first-order valence-corrected chi connectivity index (χ1v) is 11.4. The van der Waals surface area contributed by atoms with Gasteiger partial charge < -0.3 is 10.6 Å². The number of carbonyl (C=O) groups is 1. The van der Waals surface area contributed by atoms with Gasteiger partial charge in [-0.25, -0.2) is 0 Å². The molecule has 1 saturated heterocycles. The van der Waals surface area contributed by atoms with E-state index < -0.39 is 0 Å². The number of amides is 1. The molecule has 4 heteroatoms. The number of likely N-dealkylation sites (tertiary alicyclic amines) is 1. The van der Waals surface area contributed by atoms with Gasteiger partial charge in [0.05, 0.1) is 0 Å². The maximum Gasteiger partial charge on any atom is 0.223 e. The van der Waals surface area contributed by atoms with Gasteiger partial charge in [-0.2, -0.15) is 0 Å². The fourth-order valence-electron chi connectivity index (χ4n) is 4.11. The third-order valence-electron chi connectivity index (χ3n) is 5.81. The zero-order valence-corrected chi connectivity index (χ0v) is 17.5. The summed E-state index contributed by atoms with van der Waals surface area (Å²) in [6.07, 6.45) is 2.68. The second-order valence-electron chi connectivity index (χ2n) is 7.71. The number of nitrogens with two attached hydrogens (primary N) is 1. The second-order valence-corrected chi connectivity index (χ2v) is 8.88. The van der Waals surface area contributed by atoms with Crippen molar-refractivity contribution in [1.82, 2.24) is 4.90 Å². The third kappa shape index (κ3) is 5.01. The Balaban J connectivity index is 1.25. The van der Waals surface area contributed by atoms with Crippen LogP contribution in [0.2, 0.25) is 0 Å². The molecule has 1 aliphatic heterocycles. The molecule has 3 aromatic rings. The van der Waals surface area contributed by atoms with Crippen LogP contribution >= 0.6 is 11.8 Å². The number of hydrogen-bond acceptors (Lipinski definition) is 3. The molecular weight excluding hydrogens is 376 g/mol. The topological polar surface area (TPSA) is 46.3 Å². The number of piperidine rings is 1. The van der Waals surface area contributed by atoms with Crippen molar-refractivity contribution in [2.24, 2.45) is 5.73 Å². The average Bonchev–Trinajstić information content (AvgIpc) is 2.79. The van der Waals surface area contributed by atoms with Crippen LogP contribution in [0.4, 0.5) is 0 Å². The van der Waals surface area contributed by atoms with E-state index in [1.165, 1.54) is 26.8 Å². The van der Waals surface area contributed by atoms with Gasteiger partial charge in [-0.15, -0.1) is 11.8 Å². The van der Waals surface area contributed by atoms with Crippen LogP contribution in [-0.2, 0) is 11.3 Å². The van der Waals surface area contributed by atoms with Gasteiger partial charge in [0.2, 0.25) is 5.91 Å². The fraction of sp³-hybridized carbons (Fsp3) is 0.320. The van der Waals surface area contributed by atoms with Crippen molar-refractivity contribution in [2.45, 2.75) is 36.6 Å². The highest BCUT2D eigenvalue weighted by Gasteiger charge is 2.23. The zero-order valence-electron chi connectivity index (χ0n) is 16.7. The van der Waals surface area contributed by atoms with Crippen LogP contribution in [0.3, 0.4) is 0 Å². The molecule has 0 unspecified atom stereocenters. The summed E-state index contributed by atoms with van der Waals surface area (Å²) in [5.74, 6) is 1.65. The predicted octanol–water partition coefficient (Wildman–Crippen LogP) is 5.19. The van der Waals surface area contributed by atoms with Crippen LogP contribution in [0.5, 0.6) is 0 Å². The fourth-order valence-corrected chi connectivity index (χ4v) is 4.99. The third-order valence-corrected chi connectivity index (χ3v) is 6.81. The second kappa shape index (κ2) is 9.47. The van der Waals surface area contributed by atoms with Crippen molar-refractivity contribution in [3.05, 3.63) is 77.9 Å². The van der Waals surface area contributed by atoms with Crippen molar-refractivity contribution in [1.29, 1.82) is 0 Å². The van der Waals surface area contributed by atoms with Gasteiger partial charge in [0.15, 0.2) is 0 Å². The molecule has 2 N–H and O–H groups in total. The van der Waals surface area contributed by atoms with E-state index in [0.29, 0.717) is 18.9 Å². The normalized spacial score (nSPS) is 15.0. The molecule has 0 atom stereocenters. The number of carbonyl (C=O) groups excluding carboxylic acids is 1. The van der Waals surface area contributed by atoms with Crippen LogP contribution < -0.4 is 5.73 Å². The zero-order chi connectivity index (χ0) is 20.1. The Labute approximate surface area is 177 Å². The molecule has 29 heavy (non-hydrogen) atoms. The maximum absolute atomic E-state index is 12.6. The first-order valence-electron chi connectivity index (χ1n) is 10.4. The predicted molar refractivity (Wildman–Crippen MR) is 122 cm³/mol. The molecule has 0 spiro atoms. The van der Waals surface area contributed by atoms with Gasteiger partial charge in [-0.3, -0.25) is 4.79 Å². The van der Waals surface area contributed by atoms with E-state index in [0.717, 1.165) is 31.7 Å². The molecule has 1 aliphatic rings. The van der Waals surface area contributed by atoms with Gasteiger partial charge in [-0.1, -0.05) is 54.6 Å². The number of thioether (sulfide) groups is 1. The smallest absolute Gasteiger partial charge is 0.223 e. The lowest BCUT2D eigenvalue weighted by Gasteiger charge is -2.32. The van der Waals surface area contributed by atoms with E-state index in [9.17, 15) is 4.79 Å². The average molecular weight is 405 g/mol. The summed E-state index contributed by atoms with van der Waals surface area (Å²) in [6, 6.07) is 23.5. The van der Waals surface area contributed by atoms with E-state index in [-0.39, 0.29) is 5.91 Å². The maximum atomic E-state index is 12.6. The summed E-state index contributed by atoms with van der Waals surface area (Å²) in [7, 11) is 0. The van der Waals surface area contributed by atoms with Crippen LogP contribution in [0.25, 0.3) is 10.8 Å². The minimum Gasteiger partial charge on any atom is -0.343 e. The summed E-state index contributed by atoms with van der Waals surface area (Å²) < 4.78 is 0. The van der Waals surface area contributed by atoms with E-state index in [2.05, 4.69) is 66.7 Å². The first-order chi connectivity index (χ1) is 14.2. The minimum atomic E-state index is 0.285. The summed E-state index contributed by atoms with van der Waals surface area (Å²) in [5.41, 5.74) is 8.33. The quantitative estimate of drug-likeness (QED) is 0.575. The van der Waals surface area contributed by atoms with Gasteiger partial charge in [0.25, 0.3) is 0 Å². The molecule has 1 heterocycles. The summed E-state index contributed by atoms with van der Waals surface area (Å²) in [4.78, 5) is 15.9.